The average Bonchev–Trinajstić information content (AvgIpc) is 3.21. The summed E-state index contributed by atoms with van der Waals surface area (Å²) in [5, 5.41) is 2.12. The molecule has 0 saturated heterocycles. The molecule has 234 valence electrons. The summed E-state index contributed by atoms with van der Waals surface area (Å²) in [4.78, 5) is 20.6. The minimum atomic E-state index is 0.689. The van der Waals surface area contributed by atoms with E-state index in [1.807, 2.05) is 54.6 Å². The molecule has 3 heterocycles. The molecule has 0 spiro atoms. The van der Waals surface area contributed by atoms with Crippen LogP contribution in [0.1, 0.15) is 0 Å². The summed E-state index contributed by atoms with van der Waals surface area (Å²) in [6.45, 7) is 0. The number of fused-ring (bicyclic) bond motifs is 3. The Morgan fingerprint density at radius 3 is 1.40 bits per heavy atom. The van der Waals surface area contributed by atoms with E-state index in [1.54, 1.807) is 0 Å². The molecule has 0 aliphatic carbocycles. The lowest BCUT2D eigenvalue weighted by molar-refractivity contribution is 1.18. The number of rotatable bonds is 6. The second-order valence-electron chi connectivity index (χ2n) is 12.3. The van der Waals surface area contributed by atoms with Crippen LogP contribution in [-0.4, -0.2) is 19.9 Å². The van der Waals surface area contributed by atoms with Crippen LogP contribution in [0.2, 0.25) is 0 Å². The highest BCUT2D eigenvalue weighted by Crippen LogP contribution is 2.37. The van der Waals surface area contributed by atoms with Crippen LogP contribution in [0, 0.1) is 0 Å². The molecule has 3 aromatic heterocycles. The summed E-state index contributed by atoms with van der Waals surface area (Å²) in [5.74, 6) is 0.689. The van der Waals surface area contributed by atoms with Crippen LogP contribution < -0.4 is 0 Å². The largest absolute Gasteiger partial charge is 0.245 e. The lowest BCUT2D eigenvalue weighted by atomic mass is 9.96. The standard InChI is InChI=1S/C46H30N4/c1-5-14-31(15-6-1)39-29-41(48-45-38(39)26-24-34-25-27-40(47-44(34)45)32-16-7-2-8-17-32)36-22-13-23-37(28-36)43-30-42(33-18-9-3-10-19-33)49-46(50-43)35-20-11-4-12-21-35/h1-30H. The Labute approximate surface area is 290 Å². The highest BCUT2D eigenvalue weighted by molar-refractivity contribution is 6.09. The lowest BCUT2D eigenvalue weighted by Crippen LogP contribution is -1.96. The molecule has 0 amide bonds. The number of aromatic nitrogens is 4. The van der Waals surface area contributed by atoms with Gasteiger partial charge in [0.25, 0.3) is 0 Å². The van der Waals surface area contributed by atoms with Crippen molar-refractivity contribution in [3.63, 3.8) is 0 Å². The van der Waals surface area contributed by atoms with E-state index < -0.39 is 0 Å². The molecule has 0 aliphatic rings. The third-order valence-electron chi connectivity index (χ3n) is 9.08. The maximum absolute atomic E-state index is 5.36. The predicted molar refractivity (Wildman–Crippen MR) is 205 cm³/mol. The number of hydrogen-bond donors (Lipinski definition) is 0. The maximum atomic E-state index is 5.36. The van der Waals surface area contributed by atoms with E-state index in [0.29, 0.717) is 5.82 Å². The van der Waals surface area contributed by atoms with Gasteiger partial charge in [0.15, 0.2) is 5.82 Å². The summed E-state index contributed by atoms with van der Waals surface area (Å²) in [6.07, 6.45) is 0. The van der Waals surface area contributed by atoms with Crippen LogP contribution in [0.25, 0.3) is 89.4 Å². The molecule has 0 bridgehead atoms. The average molecular weight is 639 g/mol. The van der Waals surface area contributed by atoms with Crippen LogP contribution in [0.4, 0.5) is 0 Å². The van der Waals surface area contributed by atoms with Crippen molar-refractivity contribution in [1.29, 1.82) is 0 Å². The molecule has 6 aromatic carbocycles. The fourth-order valence-corrected chi connectivity index (χ4v) is 6.55. The van der Waals surface area contributed by atoms with Gasteiger partial charge in [-0.05, 0) is 35.4 Å². The molecule has 4 nitrogen and oxygen atoms in total. The molecule has 0 aliphatic heterocycles. The molecule has 0 saturated carbocycles. The summed E-state index contributed by atoms with van der Waals surface area (Å²) in [6, 6.07) is 62.6. The molecular weight excluding hydrogens is 609 g/mol. The van der Waals surface area contributed by atoms with Crippen molar-refractivity contribution in [3.8, 4) is 67.5 Å². The molecule has 50 heavy (non-hydrogen) atoms. The van der Waals surface area contributed by atoms with Gasteiger partial charge >= 0.3 is 0 Å². The number of nitrogens with zero attached hydrogens (tertiary/aromatic N) is 4. The minimum absolute atomic E-state index is 0.689. The van der Waals surface area contributed by atoms with Crippen molar-refractivity contribution in [1.82, 2.24) is 19.9 Å². The Bertz CT molecular complexity index is 2560. The smallest absolute Gasteiger partial charge is 0.160 e. The SMILES string of the molecule is c1ccc(-c2cc(-c3cccc(-c4cc(-c5ccccc5)c5ccc6ccc(-c7ccccc7)nc6c5n4)c3)nc(-c3ccccc3)n2)cc1. The van der Waals surface area contributed by atoms with Gasteiger partial charge in [0.1, 0.15) is 0 Å². The zero-order valence-electron chi connectivity index (χ0n) is 27.1. The molecule has 9 rings (SSSR count). The first kappa shape index (κ1) is 29.4. The zero-order valence-corrected chi connectivity index (χ0v) is 27.1. The van der Waals surface area contributed by atoms with Crippen LogP contribution in [0.3, 0.4) is 0 Å². The van der Waals surface area contributed by atoms with Crippen LogP contribution in [0.15, 0.2) is 182 Å². The van der Waals surface area contributed by atoms with Crippen molar-refractivity contribution in [3.05, 3.63) is 182 Å². The van der Waals surface area contributed by atoms with Gasteiger partial charge in [0.2, 0.25) is 0 Å². The van der Waals surface area contributed by atoms with Gasteiger partial charge in [-0.3, -0.25) is 0 Å². The van der Waals surface area contributed by atoms with Gasteiger partial charge in [-0.2, -0.15) is 0 Å². The highest BCUT2D eigenvalue weighted by Gasteiger charge is 2.16. The molecular formula is C46H30N4. The van der Waals surface area contributed by atoms with Gasteiger partial charge < -0.3 is 0 Å². The Kier molecular flexibility index (Phi) is 7.45. The van der Waals surface area contributed by atoms with Crippen molar-refractivity contribution in [2.24, 2.45) is 0 Å². The van der Waals surface area contributed by atoms with E-state index in [0.717, 1.165) is 83.5 Å². The summed E-state index contributed by atoms with van der Waals surface area (Å²) in [7, 11) is 0. The first-order chi connectivity index (χ1) is 24.8. The van der Waals surface area contributed by atoms with Gasteiger partial charge in [0, 0.05) is 38.6 Å². The zero-order chi connectivity index (χ0) is 33.3. The Morgan fingerprint density at radius 1 is 0.280 bits per heavy atom. The molecule has 0 fully saturated rings. The molecule has 4 heteroatoms. The normalized spacial score (nSPS) is 11.2. The van der Waals surface area contributed by atoms with Gasteiger partial charge in [0.05, 0.1) is 33.8 Å². The molecule has 9 aromatic rings. The Morgan fingerprint density at radius 2 is 0.760 bits per heavy atom. The van der Waals surface area contributed by atoms with E-state index in [-0.39, 0.29) is 0 Å². The summed E-state index contributed by atoms with van der Waals surface area (Å²) in [5.41, 5.74) is 12.6. The van der Waals surface area contributed by atoms with Gasteiger partial charge in [-0.1, -0.05) is 158 Å². The monoisotopic (exact) mass is 638 g/mol. The van der Waals surface area contributed by atoms with Crippen molar-refractivity contribution in [2.45, 2.75) is 0 Å². The Balaban J connectivity index is 1.24. The lowest BCUT2D eigenvalue weighted by Gasteiger charge is -2.14. The summed E-state index contributed by atoms with van der Waals surface area (Å²) >= 11 is 0. The minimum Gasteiger partial charge on any atom is -0.245 e. The van der Waals surface area contributed by atoms with Crippen LogP contribution in [0.5, 0.6) is 0 Å². The Hall–Kier alpha value is -6.78. The van der Waals surface area contributed by atoms with Crippen LogP contribution >= 0.6 is 0 Å². The van der Waals surface area contributed by atoms with E-state index in [1.165, 1.54) is 0 Å². The first-order valence-electron chi connectivity index (χ1n) is 16.7. The van der Waals surface area contributed by atoms with Crippen LogP contribution in [-0.2, 0) is 0 Å². The fraction of sp³-hybridized carbons (Fsp3) is 0. The van der Waals surface area contributed by atoms with Crippen molar-refractivity contribution in [2.75, 3.05) is 0 Å². The quantitative estimate of drug-likeness (QED) is 0.170. The maximum Gasteiger partial charge on any atom is 0.160 e. The predicted octanol–water partition coefficient (Wildman–Crippen LogP) is 11.6. The van der Waals surface area contributed by atoms with E-state index >= 15 is 0 Å². The number of pyridine rings is 2. The second kappa shape index (κ2) is 12.7. The molecule has 0 unspecified atom stereocenters. The van der Waals surface area contributed by atoms with E-state index in [9.17, 15) is 0 Å². The molecule has 0 atom stereocenters. The highest BCUT2D eigenvalue weighted by atomic mass is 14.9. The second-order valence-corrected chi connectivity index (χ2v) is 12.3. The molecule has 0 N–H and O–H groups in total. The topological polar surface area (TPSA) is 51.6 Å². The number of hydrogen-bond acceptors (Lipinski definition) is 4. The van der Waals surface area contributed by atoms with Crippen molar-refractivity contribution < 1.29 is 0 Å². The van der Waals surface area contributed by atoms with E-state index in [4.69, 9.17) is 19.9 Å². The number of benzene rings is 6. The van der Waals surface area contributed by atoms with Gasteiger partial charge in [-0.15, -0.1) is 0 Å². The van der Waals surface area contributed by atoms with Gasteiger partial charge in [-0.25, -0.2) is 19.9 Å². The third-order valence-corrected chi connectivity index (χ3v) is 9.08. The summed E-state index contributed by atoms with van der Waals surface area (Å²) < 4.78 is 0. The van der Waals surface area contributed by atoms with Crippen molar-refractivity contribution >= 4 is 21.8 Å². The third kappa shape index (κ3) is 5.59. The fourth-order valence-electron chi connectivity index (χ4n) is 6.55. The van der Waals surface area contributed by atoms with E-state index in [2.05, 4.69) is 127 Å². The first-order valence-corrected chi connectivity index (χ1v) is 16.7. The molecule has 0 radical (unpaired) electrons.